The van der Waals surface area contributed by atoms with Crippen LogP contribution in [-0.2, 0) is 14.4 Å². The van der Waals surface area contributed by atoms with Gasteiger partial charge in [0.05, 0.1) is 12.1 Å². The third kappa shape index (κ3) is 3.53. The van der Waals surface area contributed by atoms with Gasteiger partial charge in [-0.05, 0) is 23.6 Å². The Hall–Kier alpha value is -2.05. The highest BCUT2D eigenvalue weighted by Crippen LogP contribution is 2.34. The molecule has 7 heteroatoms. The average Bonchev–Trinajstić information content (AvgIpc) is 2.94. The lowest BCUT2D eigenvalue weighted by molar-refractivity contribution is -0.132. The molecule has 0 saturated heterocycles. The summed E-state index contributed by atoms with van der Waals surface area (Å²) in [6.07, 6.45) is 0. The van der Waals surface area contributed by atoms with Crippen LogP contribution in [0.25, 0.3) is 0 Å². The van der Waals surface area contributed by atoms with E-state index in [9.17, 15) is 4.79 Å². The fourth-order valence-electron chi connectivity index (χ4n) is 1.56. The van der Waals surface area contributed by atoms with Gasteiger partial charge in [-0.2, -0.15) is 0 Å². The molecule has 0 atom stereocenters. The van der Waals surface area contributed by atoms with Gasteiger partial charge in [-0.15, -0.1) is 11.3 Å². The maximum absolute atomic E-state index is 11.8. The van der Waals surface area contributed by atoms with Crippen LogP contribution in [0.4, 0.5) is 0 Å². The molecule has 0 fully saturated rings. The van der Waals surface area contributed by atoms with Gasteiger partial charge < -0.3 is 14.3 Å². The minimum Gasteiger partial charge on any atom is -0.464 e. The highest BCUT2D eigenvalue weighted by atomic mass is 35.5. The number of benzene rings is 1. The van der Waals surface area contributed by atoms with E-state index in [1.54, 1.807) is 35.7 Å². The number of para-hydroxylation sites is 1. The van der Waals surface area contributed by atoms with Crippen molar-refractivity contribution in [2.24, 2.45) is 5.16 Å². The number of rotatable bonds is 5. The average molecular weight is 326 g/mol. The van der Waals surface area contributed by atoms with Crippen LogP contribution in [0.1, 0.15) is 4.88 Å². The number of ether oxygens (including phenoxy) is 2. The third-order valence-electron chi connectivity index (χ3n) is 2.46. The van der Waals surface area contributed by atoms with Crippen LogP contribution in [-0.4, -0.2) is 25.9 Å². The molecule has 1 heterocycles. The molecule has 0 amide bonds. The first kappa shape index (κ1) is 15.3. The van der Waals surface area contributed by atoms with Crippen LogP contribution >= 0.6 is 22.9 Å². The lowest BCUT2D eigenvalue weighted by Crippen LogP contribution is -2.17. The van der Waals surface area contributed by atoms with E-state index in [1.807, 2.05) is 0 Å². The van der Waals surface area contributed by atoms with Crippen LogP contribution < -0.4 is 4.74 Å². The quantitative estimate of drug-likeness (QED) is 0.477. The molecular weight excluding hydrogens is 314 g/mol. The van der Waals surface area contributed by atoms with Gasteiger partial charge in [-0.3, -0.25) is 0 Å². The van der Waals surface area contributed by atoms with Gasteiger partial charge in [0.2, 0.25) is 5.71 Å². The number of carbonyl (C=O) groups is 1. The number of nitrogens with zero attached hydrogens (tertiary/aromatic N) is 1. The molecule has 2 aromatic rings. The van der Waals surface area contributed by atoms with Crippen molar-refractivity contribution in [3.63, 3.8) is 0 Å². The highest BCUT2D eigenvalue weighted by Gasteiger charge is 2.22. The molecule has 0 aliphatic heterocycles. The second kappa shape index (κ2) is 7.10. The van der Waals surface area contributed by atoms with Gasteiger partial charge >= 0.3 is 5.97 Å². The Balaban J connectivity index is 2.36. The third-order valence-corrected chi connectivity index (χ3v) is 3.68. The summed E-state index contributed by atoms with van der Waals surface area (Å²) in [4.78, 5) is 17.0. The topological polar surface area (TPSA) is 57.1 Å². The summed E-state index contributed by atoms with van der Waals surface area (Å²) >= 11 is 7.34. The monoisotopic (exact) mass is 325 g/mol. The lowest BCUT2D eigenvalue weighted by Gasteiger charge is -2.08. The van der Waals surface area contributed by atoms with Crippen molar-refractivity contribution in [1.82, 2.24) is 0 Å². The summed E-state index contributed by atoms with van der Waals surface area (Å²) in [6, 6.07) is 8.77. The van der Waals surface area contributed by atoms with Gasteiger partial charge in [0.15, 0.2) is 0 Å². The molecule has 0 unspecified atom stereocenters. The van der Waals surface area contributed by atoms with E-state index < -0.39 is 5.97 Å². The second-order valence-electron chi connectivity index (χ2n) is 3.76. The molecule has 0 aliphatic rings. The molecule has 5 nitrogen and oxygen atoms in total. The van der Waals surface area contributed by atoms with Crippen molar-refractivity contribution in [2.45, 2.75) is 0 Å². The number of hydrogen-bond acceptors (Lipinski definition) is 6. The van der Waals surface area contributed by atoms with E-state index in [2.05, 4.69) is 5.16 Å². The Morgan fingerprint density at radius 3 is 2.62 bits per heavy atom. The van der Waals surface area contributed by atoms with Crippen LogP contribution in [0.3, 0.4) is 0 Å². The first-order valence-electron chi connectivity index (χ1n) is 5.87. The zero-order valence-electron chi connectivity index (χ0n) is 11.3. The number of carbonyl (C=O) groups excluding carboxylic acids is 1. The minimum atomic E-state index is -0.608. The minimum absolute atomic E-state index is 0.0389. The molecule has 0 spiro atoms. The standard InChI is InChI=1S/C14H12ClNO4S/c1-18-14(17)12(16-19-2)13-11(7-8-21-13)20-10-6-4-3-5-9(10)15/h3-8H,1-2H3/b16-12-. The molecule has 0 saturated carbocycles. The van der Waals surface area contributed by atoms with E-state index in [0.717, 1.165) is 0 Å². The first-order valence-corrected chi connectivity index (χ1v) is 7.12. The van der Waals surface area contributed by atoms with E-state index in [4.69, 9.17) is 25.9 Å². The van der Waals surface area contributed by atoms with Crippen molar-refractivity contribution >= 4 is 34.6 Å². The van der Waals surface area contributed by atoms with Crippen molar-refractivity contribution in [3.05, 3.63) is 45.6 Å². The number of thiophene rings is 1. The SMILES string of the molecule is CO/N=C(\C(=O)OC)c1sccc1Oc1ccccc1Cl. The molecule has 110 valence electrons. The van der Waals surface area contributed by atoms with Crippen LogP contribution in [0, 0.1) is 0 Å². The maximum Gasteiger partial charge on any atom is 0.361 e. The van der Waals surface area contributed by atoms with Gasteiger partial charge in [-0.25, -0.2) is 4.79 Å². The Morgan fingerprint density at radius 1 is 1.19 bits per heavy atom. The summed E-state index contributed by atoms with van der Waals surface area (Å²) < 4.78 is 10.4. The van der Waals surface area contributed by atoms with Crippen LogP contribution in [0.5, 0.6) is 11.5 Å². The summed E-state index contributed by atoms with van der Waals surface area (Å²) in [5, 5.41) is 5.95. The second-order valence-corrected chi connectivity index (χ2v) is 5.08. The normalized spacial score (nSPS) is 11.1. The van der Waals surface area contributed by atoms with E-state index in [-0.39, 0.29) is 5.71 Å². The van der Waals surface area contributed by atoms with E-state index in [1.165, 1.54) is 25.6 Å². The first-order chi connectivity index (χ1) is 10.2. The number of methoxy groups -OCH3 is 1. The fraction of sp³-hybridized carbons (Fsp3) is 0.143. The maximum atomic E-state index is 11.8. The predicted octanol–water partition coefficient (Wildman–Crippen LogP) is 3.72. The van der Waals surface area contributed by atoms with E-state index in [0.29, 0.717) is 21.4 Å². The summed E-state index contributed by atoms with van der Waals surface area (Å²) in [6.45, 7) is 0. The molecule has 1 aromatic carbocycles. The molecular formula is C14H12ClNO4S. The Kier molecular flexibility index (Phi) is 5.19. The van der Waals surface area contributed by atoms with Crippen molar-refractivity contribution in [3.8, 4) is 11.5 Å². The van der Waals surface area contributed by atoms with Gasteiger partial charge in [0.25, 0.3) is 0 Å². The molecule has 0 radical (unpaired) electrons. The van der Waals surface area contributed by atoms with Gasteiger partial charge in [0.1, 0.15) is 23.5 Å². The zero-order valence-corrected chi connectivity index (χ0v) is 12.9. The van der Waals surface area contributed by atoms with E-state index >= 15 is 0 Å². The van der Waals surface area contributed by atoms with Gasteiger partial charge in [0, 0.05) is 0 Å². The number of halogens is 1. The molecule has 0 bridgehead atoms. The highest BCUT2D eigenvalue weighted by molar-refractivity contribution is 7.13. The van der Waals surface area contributed by atoms with Crippen LogP contribution in [0.2, 0.25) is 5.02 Å². The zero-order chi connectivity index (χ0) is 15.2. The molecule has 0 N–H and O–H groups in total. The largest absolute Gasteiger partial charge is 0.464 e. The number of oxime groups is 1. The summed E-state index contributed by atoms with van der Waals surface area (Å²) in [5.74, 6) is 0.332. The van der Waals surface area contributed by atoms with Gasteiger partial charge in [-0.1, -0.05) is 28.9 Å². The van der Waals surface area contributed by atoms with Crippen molar-refractivity contribution < 1.29 is 19.1 Å². The van der Waals surface area contributed by atoms with Crippen molar-refractivity contribution in [2.75, 3.05) is 14.2 Å². The molecule has 1 aromatic heterocycles. The molecule has 2 rings (SSSR count). The Labute approximate surface area is 130 Å². The smallest absolute Gasteiger partial charge is 0.361 e. The Bertz CT molecular complexity index is 668. The summed E-state index contributed by atoms with van der Waals surface area (Å²) in [5.41, 5.74) is 0.0389. The Morgan fingerprint density at radius 2 is 1.95 bits per heavy atom. The van der Waals surface area contributed by atoms with Crippen LogP contribution in [0.15, 0.2) is 40.9 Å². The summed E-state index contributed by atoms with van der Waals surface area (Å²) in [7, 11) is 2.63. The lowest BCUT2D eigenvalue weighted by atomic mass is 10.3. The number of esters is 1. The predicted molar refractivity (Wildman–Crippen MR) is 81.4 cm³/mol. The fourth-order valence-corrected chi connectivity index (χ4v) is 2.52. The molecule has 0 aliphatic carbocycles. The molecule has 21 heavy (non-hydrogen) atoms. The van der Waals surface area contributed by atoms with Crippen molar-refractivity contribution in [1.29, 1.82) is 0 Å². The number of hydrogen-bond donors (Lipinski definition) is 0.